The molecule has 4 rings (SSSR count). The molecule has 3 aromatic rings. The molecule has 3 unspecified atom stereocenters. The number of rotatable bonds is 6. The molecule has 0 radical (unpaired) electrons. The molecule has 1 aliphatic heterocycles. The van der Waals surface area contributed by atoms with Crippen LogP contribution in [0.25, 0.3) is 0 Å². The van der Waals surface area contributed by atoms with Gasteiger partial charge in [0.2, 0.25) is 0 Å². The van der Waals surface area contributed by atoms with Crippen LogP contribution in [-0.4, -0.2) is 23.1 Å². The molecular formula is C27H29N5. The number of piperidine rings is 1. The zero-order valence-corrected chi connectivity index (χ0v) is 18.7. The van der Waals surface area contributed by atoms with Crippen LogP contribution < -0.4 is 5.32 Å². The molecule has 2 aromatic carbocycles. The van der Waals surface area contributed by atoms with Gasteiger partial charge in [-0.1, -0.05) is 48.9 Å². The van der Waals surface area contributed by atoms with Crippen molar-refractivity contribution in [1.29, 1.82) is 10.5 Å². The quantitative estimate of drug-likeness (QED) is 0.604. The fourth-order valence-corrected chi connectivity index (χ4v) is 5.00. The average Bonchev–Trinajstić information content (AvgIpc) is 3.28. The number of H-pyrrole nitrogens is 1. The highest BCUT2D eigenvalue weighted by atomic mass is 14.9. The Bertz CT molecular complexity index is 1150. The number of nitrogens with one attached hydrogen (secondary N) is 2. The lowest BCUT2D eigenvalue weighted by Crippen LogP contribution is -2.47. The van der Waals surface area contributed by atoms with Crippen molar-refractivity contribution in [2.45, 2.75) is 39.0 Å². The van der Waals surface area contributed by atoms with E-state index in [0.717, 1.165) is 43.0 Å². The van der Waals surface area contributed by atoms with Gasteiger partial charge in [0.25, 0.3) is 0 Å². The highest BCUT2D eigenvalue weighted by molar-refractivity contribution is 5.33. The van der Waals surface area contributed by atoms with Crippen LogP contribution in [0.1, 0.15) is 53.0 Å². The molecule has 1 saturated heterocycles. The predicted octanol–water partition coefficient (Wildman–Crippen LogP) is 4.65. The van der Waals surface area contributed by atoms with E-state index in [-0.39, 0.29) is 11.8 Å². The maximum atomic E-state index is 10.4. The first kappa shape index (κ1) is 21.8. The molecule has 0 spiro atoms. The summed E-state index contributed by atoms with van der Waals surface area (Å²) in [4.78, 5) is 8.12. The molecule has 5 nitrogen and oxygen atoms in total. The summed E-state index contributed by atoms with van der Waals surface area (Å²) in [5, 5.41) is 22.9. The van der Waals surface area contributed by atoms with Gasteiger partial charge in [0.1, 0.15) is 5.82 Å². The van der Waals surface area contributed by atoms with Crippen LogP contribution in [0.3, 0.4) is 0 Å². The Kier molecular flexibility index (Phi) is 6.40. The molecule has 1 aromatic heterocycles. The Morgan fingerprint density at radius 3 is 2.69 bits per heavy atom. The Hall–Kier alpha value is -3.41. The largest absolute Gasteiger partial charge is 0.345 e. The minimum Gasteiger partial charge on any atom is -0.345 e. The molecule has 2 N–H and O–H groups in total. The SMILES string of the molecule is Cc1cccc(CC2(C#N)CCNCC2C(C)c2cnc(Cc3ccc(C#N)cc3)[nH]2)c1. The highest BCUT2D eigenvalue weighted by Crippen LogP contribution is 2.44. The fourth-order valence-electron chi connectivity index (χ4n) is 5.00. The van der Waals surface area contributed by atoms with E-state index < -0.39 is 5.41 Å². The van der Waals surface area contributed by atoms with Crippen molar-refractivity contribution >= 4 is 0 Å². The first-order valence-corrected chi connectivity index (χ1v) is 11.2. The standard InChI is InChI=1S/C27H29N5/c1-19-4-3-5-23(12-19)14-27(18-29)10-11-30-16-24(27)20(2)25-17-31-26(32-25)13-21-6-8-22(15-28)9-7-21/h3-9,12,17,20,24,30H,10-11,13-14,16H2,1-2H3,(H,31,32). The van der Waals surface area contributed by atoms with Crippen LogP contribution in [0.5, 0.6) is 0 Å². The summed E-state index contributed by atoms with van der Waals surface area (Å²) in [6.45, 7) is 6.00. The third kappa shape index (κ3) is 4.59. The lowest BCUT2D eigenvalue weighted by molar-refractivity contribution is 0.148. The summed E-state index contributed by atoms with van der Waals surface area (Å²) >= 11 is 0. The van der Waals surface area contributed by atoms with Crippen molar-refractivity contribution in [3.63, 3.8) is 0 Å². The molecular weight excluding hydrogens is 394 g/mol. The topological polar surface area (TPSA) is 88.3 Å². The second kappa shape index (κ2) is 9.39. The number of aromatic amines is 1. The van der Waals surface area contributed by atoms with E-state index in [2.05, 4.69) is 65.5 Å². The minimum absolute atomic E-state index is 0.175. The number of nitriles is 2. The number of imidazole rings is 1. The van der Waals surface area contributed by atoms with Gasteiger partial charge in [-0.05, 0) is 55.5 Å². The van der Waals surface area contributed by atoms with Gasteiger partial charge in [-0.15, -0.1) is 0 Å². The molecule has 0 aliphatic carbocycles. The minimum atomic E-state index is -0.406. The zero-order chi connectivity index (χ0) is 22.6. The zero-order valence-electron chi connectivity index (χ0n) is 18.7. The van der Waals surface area contributed by atoms with Crippen LogP contribution in [0, 0.1) is 40.9 Å². The Balaban J connectivity index is 1.54. The van der Waals surface area contributed by atoms with E-state index in [0.29, 0.717) is 12.0 Å². The number of hydrogen-bond donors (Lipinski definition) is 2. The highest BCUT2D eigenvalue weighted by Gasteiger charge is 2.44. The summed E-state index contributed by atoms with van der Waals surface area (Å²) in [5.41, 5.74) is 4.91. The second-order valence-electron chi connectivity index (χ2n) is 9.05. The molecule has 5 heteroatoms. The van der Waals surface area contributed by atoms with Crippen molar-refractivity contribution in [3.05, 3.63) is 88.5 Å². The van der Waals surface area contributed by atoms with Gasteiger partial charge in [0.15, 0.2) is 0 Å². The number of benzene rings is 2. The molecule has 1 aliphatic rings. The summed E-state index contributed by atoms with van der Waals surface area (Å²) in [6.07, 6.45) is 4.23. The number of nitrogens with zero attached hydrogens (tertiary/aromatic N) is 3. The molecule has 3 atom stereocenters. The van der Waals surface area contributed by atoms with Gasteiger partial charge in [0.05, 0.1) is 23.1 Å². The first-order chi connectivity index (χ1) is 15.5. The third-order valence-corrected chi connectivity index (χ3v) is 6.84. The Morgan fingerprint density at radius 2 is 1.97 bits per heavy atom. The predicted molar refractivity (Wildman–Crippen MR) is 125 cm³/mol. The van der Waals surface area contributed by atoms with Gasteiger partial charge in [0, 0.05) is 30.8 Å². The number of aromatic nitrogens is 2. The van der Waals surface area contributed by atoms with Crippen molar-refractivity contribution in [2.75, 3.05) is 13.1 Å². The smallest absolute Gasteiger partial charge is 0.110 e. The molecule has 0 saturated carbocycles. The summed E-state index contributed by atoms with van der Waals surface area (Å²) in [6, 6.07) is 21.0. The lowest BCUT2D eigenvalue weighted by atomic mass is 9.63. The second-order valence-corrected chi connectivity index (χ2v) is 9.05. The van der Waals surface area contributed by atoms with Crippen LogP contribution >= 0.6 is 0 Å². The summed E-state index contributed by atoms with van der Waals surface area (Å²) in [7, 11) is 0. The van der Waals surface area contributed by atoms with Crippen molar-refractivity contribution in [2.24, 2.45) is 11.3 Å². The van der Waals surface area contributed by atoms with Crippen molar-refractivity contribution in [1.82, 2.24) is 15.3 Å². The van der Waals surface area contributed by atoms with E-state index >= 15 is 0 Å². The first-order valence-electron chi connectivity index (χ1n) is 11.2. The van der Waals surface area contributed by atoms with Gasteiger partial charge in [-0.2, -0.15) is 10.5 Å². The maximum Gasteiger partial charge on any atom is 0.110 e. The third-order valence-electron chi connectivity index (χ3n) is 6.84. The van der Waals surface area contributed by atoms with E-state index in [1.807, 2.05) is 30.5 Å². The van der Waals surface area contributed by atoms with Crippen LogP contribution in [0.2, 0.25) is 0 Å². The summed E-state index contributed by atoms with van der Waals surface area (Å²) in [5.74, 6) is 1.26. The number of hydrogen-bond acceptors (Lipinski definition) is 4. The van der Waals surface area contributed by atoms with Crippen molar-refractivity contribution in [3.8, 4) is 12.1 Å². The molecule has 162 valence electrons. The molecule has 0 bridgehead atoms. The maximum absolute atomic E-state index is 10.4. The van der Waals surface area contributed by atoms with E-state index in [9.17, 15) is 5.26 Å². The van der Waals surface area contributed by atoms with Crippen LogP contribution in [-0.2, 0) is 12.8 Å². The molecule has 2 heterocycles. The van der Waals surface area contributed by atoms with Crippen LogP contribution in [0.4, 0.5) is 0 Å². The monoisotopic (exact) mass is 423 g/mol. The van der Waals surface area contributed by atoms with E-state index in [1.165, 1.54) is 11.1 Å². The van der Waals surface area contributed by atoms with Gasteiger partial charge < -0.3 is 10.3 Å². The van der Waals surface area contributed by atoms with E-state index in [4.69, 9.17) is 5.26 Å². The number of aryl methyl sites for hydroxylation is 1. The average molecular weight is 424 g/mol. The molecule has 32 heavy (non-hydrogen) atoms. The van der Waals surface area contributed by atoms with Gasteiger partial charge in [-0.3, -0.25) is 0 Å². The fraction of sp³-hybridized carbons (Fsp3) is 0.370. The Labute approximate surface area is 190 Å². The molecule has 0 amide bonds. The Morgan fingerprint density at radius 1 is 1.16 bits per heavy atom. The van der Waals surface area contributed by atoms with Crippen LogP contribution in [0.15, 0.2) is 54.7 Å². The lowest BCUT2D eigenvalue weighted by Gasteiger charge is -2.42. The van der Waals surface area contributed by atoms with Gasteiger partial charge >= 0.3 is 0 Å². The normalized spacial score (nSPS) is 21.4. The van der Waals surface area contributed by atoms with Gasteiger partial charge in [-0.25, -0.2) is 4.98 Å². The van der Waals surface area contributed by atoms with Crippen molar-refractivity contribution < 1.29 is 0 Å². The summed E-state index contributed by atoms with van der Waals surface area (Å²) < 4.78 is 0. The molecule has 1 fully saturated rings. The van der Waals surface area contributed by atoms with E-state index in [1.54, 1.807) is 0 Å².